The van der Waals surface area contributed by atoms with Crippen LogP contribution in [0.15, 0.2) is 18.2 Å². The third-order valence-electron chi connectivity index (χ3n) is 3.36. The number of halogens is 1. The second-order valence-electron chi connectivity index (χ2n) is 4.71. The molecular weight excluding hydrogens is 241 g/mol. The lowest BCUT2D eigenvalue weighted by atomic mass is 10.0. The number of hydrogen-bond acceptors (Lipinski definition) is 3. The van der Waals surface area contributed by atoms with Crippen LogP contribution < -0.4 is 5.32 Å². The lowest BCUT2D eigenvalue weighted by molar-refractivity contribution is 0.243. The second-order valence-corrected chi connectivity index (χ2v) is 4.71. The number of hydrogen-bond donors (Lipinski definition) is 1. The van der Waals surface area contributed by atoms with E-state index in [4.69, 9.17) is 11.7 Å². The molecule has 1 aliphatic heterocycles. The summed E-state index contributed by atoms with van der Waals surface area (Å²) in [5, 5.41) is 12.1. The predicted molar refractivity (Wildman–Crippen MR) is 73.0 cm³/mol. The Morgan fingerprint density at radius 1 is 1.42 bits per heavy atom. The fraction of sp³-hybridized carbons (Fsp3) is 0.400. The molecule has 98 valence electrons. The molecule has 0 unspecified atom stereocenters. The Labute approximate surface area is 113 Å². The first-order valence-electron chi connectivity index (χ1n) is 6.35. The number of likely N-dealkylation sites (tertiary alicyclic amines) is 1. The van der Waals surface area contributed by atoms with Crippen LogP contribution in [0.5, 0.6) is 0 Å². The Morgan fingerprint density at radius 3 is 2.79 bits per heavy atom. The number of terminal acetylenes is 1. The van der Waals surface area contributed by atoms with E-state index in [1.807, 2.05) is 6.07 Å². The van der Waals surface area contributed by atoms with Gasteiger partial charge in [-0.2, -0.15) is 5.26 Å². The van der Waals surface area contributed by atoms with Crippen molar-refractivity contribution in [2.24, 2.45) is 0 Å². The van der Waals surface area contributed by atoms with Gasteiger partial charge >= 0.3 is 0 Å². The molecule has 1 aliphatic rings. The number of anilines is 1. The van der Waals surface area contributed by atoms with Gasteiger partial charge in [0.2, 0.25) is 0 Å². The number of nitrogens with zero attached hydrogens (tertiary/aromatic N) is 2. The van der Waals surface area contributed by atoms with Crippen LogP contribution in [-0.4, -0.2) is 30.6 Å². The number of benzene rings is 1. The van der Waals surface area contributed by atoms with Gasteiger partial charge in [-0.3, -0.25) is 4.90 Å². The van der Waals surface area contributed by atoms with Crippen molar-refractivity contribution in [3.8, 4) is 18.4 Å². The topological polar surface area (TPSA) is 39.1 Å². The SMILES string of the molecule is C#CCN1CCC(Nc2ccc(F)c(C#N)c2)CC1. The van der Waals surface area contributed by atoms with Crippen molar-refractivity contribution in [2.45, 2.75) is 18.9 Å². The minimum absolute atomic E-state index is 0.0785. The highest BCUT2D eigenvalue weighted by atomic mass is 19.1. The highest BCUT2D eigenvalue weighted by Crippen LogP contribution is 2.19. The van der Waals surface area contributed by atoms with Crippen molar-refractivity contribution in [3.05, 3.63) is 29.6 Å². The summed E-state index contributed by atoms with van der Waals surface area (Å²) in [6, 6.07) is 6.76. The van der Waals surface area contributed by atoms with E-state index in [1.165, 1.54) is 6.07 Å². The maximum atomic E-state index is 13.2. The molecule has 0 amide bonds. The van der Waals surface area contributed by atoms with Crippen LogP contribution in [0.1, 0.15) is 18.4 Å². The molecule has 0 atom stereocenters. The molecule has 1 saturated heterocycles. The summed E-state index contributed by atoms with van der Waals surface area (Å²) >= 11 is 0. The van der Waals surface area contributed by atoms with E-state index in [2.05, 4.69) is 16.1 Å². The van der Waals surface area contributed by atoms with Gasteiger partial charge in [-0.15, -0.1) is 6.42 Å². The van der Waals surface area contributed by atoms with Crippen LogP contribution in [0.3, 0.4) is 0 Å². The fourth-order valence-corrected chi connectivity index (χ4v) is 2.30. The molecule has 3 nitrogen and oxygen atoms in total. The van der Waals surface area contributed by atoms with E-state index < -0.39 is 5.82 Å². The highest BCUT2D eigenvalue weighted by Gasteiger charge is 2.18. The van der Waals surface area contributed by atoms with Gasteiger partial charge in [0.05, 0.1) is 12.1 Å². The zero-order valence-electron chi connectivity index (χ0n) is 10.7. The molecule has 4 heteroatoms. The Bertz CT molecular complexity index is 519. The fourth-order valence-electron chi connectivity index (χ4n) is 2.30. The van der Waals surface area contributed by atoms with Crippen LogP contribution in [-0.2, 0) is 0 Å². The standard InChI is InChI=1S/C15H16FN3/c1-2-7-19-8-5-13(6-9-19)18-14-3-4-15(16)12(10-14)11-17/h1,3-4,10,13,18H,5-9H2. The molecule has 1 heterocycles. The van der Waals surface area contributed by atoms with E-state index in [0.717, 1.165) is 31.6 Å². The number of nitrogens with one attached hydrogen (secondary N) is 1. The summed E-state index contributed by atoms with van der Waals surface area (Å²) in [6.07, 6.45) is 7.29. The zero-order valence-corrected chi connectivity index (χ0v) is 10.7. The minimum atomic E-state index is -0.475. The van der Waals surface area contributed by atoms with Crippen molar-refractivity contribution in [1.82, 2.24) is 4.90 Å². The van der Waals surface area contributed by atoms with Crippen LogP contribution in [0, 0.1) is 29.5 Å². The average Bonchev–Trinajstić information content (AvgIpc) is 2.43. The molecule has 0 bridgehead atoms. The summed E-state index contributed by atoms with van der Waals surface area (Å²) in [6.45, 7) is 2.63. The largest absolute Gasteiger partial charge is 0.382 e. The van der Waals surface area contributed by atoms with Gasteiger partial charge in [0.1, 0.15) is 11.9 Å². The molecule has 19 heavy (non-hydrogen) atoms. The third kappa shape index (κ3) is 3.47. The van der Waals surface area contributed by atoms with Crippen LogP contribution >= 0.6 is 0 Å². The Morgan fingerprint density at radius 2 is 2.16 bits per heavy atom. The molecule has 1 fully saturated rings. The maximum absolute atomic E-state index is 13.2. The highest BCUT2D eigenvalue weighted by molar-refractivity contribution is 5.50. The molecule has 1 N–H and O–H groups in total. The third-order valence-corrected chi connectivity index (χ3v) is 3.36. The van der Waals surface area contributed by atoms with E-state index >= 15 is 0 Å². The van der Waals surface area contributed by atoms with Crippen molar-refractivity contribution >= 4 is 5.69 Å². The normalized spacial score (nSPS) is 16.6. The first kappa shape index (κ1) is 13.4. The zero-order chi connectivity index (χ0) is 13.7. The summed E-state index contributed by atoms with van der Waals surface area (Å²) in [5.41, 5.74) is 0.878. The monoisotopic (exact) mass is 257 g/mol. The Hall–Kier alpha value is -2.04. The number of piperidine rings is 1. The van der Waals surface area contributed by atoms with Crippen molar-refractivity contribution in [2.75, 3.05) is 25.0 Å². The Balaban J connectivity index is 1.93. The van der Waals surface area contributed by atoms with Gasteiger partial charge in [-0.05, 0) is 31.0 Å². The average molecular weight is 257 g/mol. The van der Waals surface area contributed by atoms with E-state index in [1.54, 1.807) is 12.1 Å². The van der Waals surface area contributed by atoms with Crippen molar-refractivity contribution in [1.29, 1.82) is 5.26 Å². The van der Waals surface area contributed by atoms with E-state index in [0.29, 0.717) is 12.6 Å². The molecule has 2 rings (SSSR count). The van der Waals surface area contributed by atoms with Gasteiger partial charge in [0, 0.05) is 24.8 Å². The van der Waals surface area contributed by atoms with Crippen LogP contribution in [0.2, 0.25) is 0 Å². The number of rotatable bonds is 3. The molecule has 0 aromatic heterocycles. The van der Waals surface area contributed by atoms with Crippen LogP contribution in [0.4, 0.5) is 10.1 Å². The molecule has 0 aliphatic carbocycles. The van der Waals surface area contributed by atoms with E-state index in [9.17, 15) is 4.39 Å². The minimum Gasteiger partial charge on any atom is -0.382 e. The molecule has 1 aromatic rings. The molecule has 0 radical (unpaired) electrons. The van der Waals surface area contributed by atoms with Gasteiger partial charge in [0.15, 0.2) is 0 Å². The molecule has 0 saturated carbocycles. The van der Waals surface area contributed by atoms with Crippen molar-refractivity contribution in [3.63, 3.8) is 0 Å². The second kappa shape index (κ2) is 6.22. The lowest BCUT2D eigenvalue weighted by Crippen LogP contribution is -2.39. The first-order valence-corrected chi connectivity index (χ1v) is 6.35. The lowest BCUT2D eigenvalue weighted by Gasteiger charge is -2.31. The first-order chi connectivity index (χ1) is 9.22. The smallest absolute Gasteiger partial charge is 0.141 e. The van der Waals surface area contributed by atoms with Gasteiger partial charge < -0.3 is 5.32 Å². The van der Waals surface area contributed by atoms with Crippen molar-refractivity contribution < 1.29 is 4.39 Å². The Kier molecular flexibility index (Phi) is 4.39. The number of nitriles is 1. The van der Waals surface area contributed by atoms with Crippen LogP contribution in [0.25, 0.3) is 0 Å². The summed E-state index contributed by atoms with van der Waals surface area (Å²) in [4.78, 5) is 2.24. The predicted octanol–water partition coefficient (Wildman–Crippen LogP) is 2.21. The quantitative estimate of drug-likeness (QED) is 0.844. The van der Waals surface area contributed by atoms with Gasteiger partial charge in [-0.1, -0.05) is 5.92 Å². The molecular formula is C15H16FN3. The van der Waals surface area contributed by atoms with Gasteiger partial charge in [0.25, 0.3) is 0 Å². The summed E-state index contributed by atoms with van der Waals surface area (Å²) in [5.74, 6) is 2.18. The summed E-state index contributed by atoms with van der Waals surface area (Å²) in [7, 11) is 0. The molecule has 0 spiro atoms. The summed E-state index contributed by atoms with van der Waals surface area (Å²) < 4.78 is 13.2. The van der Waals surface area contributed by atoms with E-state index in [-0.39, 0.29) is 5.56 Å². The molecule has 1 aromatic carbocycles. The van der Waals surface area contributed by atoms with Gasteiger partial charge in [-0.25, -0.2) is 4.39 Å². The maximum Gasteiger partial charge on any atom is 0.141 e.